The molecule has 0 aliphatic rings. The van der Waals surface area contributed by atoms with Crippen LogP contribution in [0.1, 0.15) is 39.0 Å². The van der Waals surface area contributed by atoms with Gasteiger partial charge in [-0.05, 0) is 25.7 Å². The first-order valence-corrected chi connectivity index (χ1v) is 7.87. The molecule has 22 heavy (non-hydrogen) atoms. The van der Waals surface area contributed by atoms with Gasteiger partial charge in [0, 0.05) is 20.1 Å². The Bertz CT molecular complexity index is 767. The summed E-state index contributed by atoms with van der Waals surface area (Å²) in [6.07, 6.45) is 8.13. The van der Waals surface area contributed by atoms with E-state index in [1.54, 1.807) is 13.4 Å². The Labute approximate surface area is 129 Å². The van der Waals surface area contributed by atoms with Crippen LogP contribution in [0.3, 0.4) is 0 Å². The van der Waals surface area contributed by atoms with E-state index in [0.29, 0.717) is 17.7 Å². The summed E-state index contributed by atoms with van der Waals surface area (Å²) >= 11 is 0. The third-order valence-corrected chi connectivity index (χ3v) is 3.89. The second-order valence-electron chi connectivity index (χ2n) is 5.55. The molecule has 6 nitrogen and oxygen atoms in total. The minimum absolute atomic E-state index is 0.231. The number of hydrogen-bond acceptors (Lipinski definition) is 3. The third-order valence-electron chi connectivity index (χ3n) is 3.89. The summed E-state index contributed by atoms with van der Waals surface area (Å²) in [6, 6.07) is 0. The number of allylic oxidation sites excluding steroid dienone is 1. The summed E-state index contributed by atoms with van der Waals surface area (Å²) in [4.78, 5) is 29.3. The van der Waals surface area contributed by atoms with Gasteiger partial charge in [-0.25, -0.2) is 9.78 Å². The number of aryl methyl sites for hydroxylation is 2. The predicted molar refractivity (Wildman–Crippen MR) is 88.2 cm³/mol. The fraction of sp³-hybridized carbons (Fsp3) is 0.562. The first-order chi connectivity index (χ1) is 10.6. The maximum Gasteiger partial charge on any atom is 0.332 e. The number of imidazole rings is 1. The highest BCUT2D eigenvalue weighted by Gasteiger charge is 2.15. The first-order valence-electron chi connectivity index (χ1n) is 7.87. The van der Waals surface area contributed by atoms with Gasteiger partial charge in [0.2, 0.25) is 0 Å². The molecule has 6 heteroatoms. The molecule has 0 spiro atoms. The average molecular weight is 304 g/mol. The largest absolute Gasteiger partial charge is 0.332 e. The molecular formula is C16H24N4O2. The van der Waals surface area contributed by atoms with Crippen LogP contribution in [0.15, 0.2) is 28.6 Å². The molecule has 0 aromatic carbocycles. The Kier molecular flexibility index (Phi) is 5.35. The Morgan fingerprint density at radius 3 is 2.68 bits per heavy atom. The Morgan fingerprint density at radius 2 is 2.00 bits per heavy atom. The Morgan fingerprint density at radius 1 is 1.23 bits per heavy atom. The minimum atomic E-state index is -0.295. The highest BCUT2D eigenvalue weighted by molar-refractivity contribution is 5.69. The van der Waals surface area contributed by atoms with E-state index in [1.807, 2.05) is 10.6 Å². The molecule has 2 aromatic heterocycles. The van der Waals surface area contributed by atoms with Gasteiger partial charge in [-0.15, -0.1) is 6.58 Å². The molecule has 0 saturated carbocycles. The number of nitrogens with zero attached hydrogens (tertiary/aromatic N) is 4. The molecule has 0 bridgehead atoms. The van der Waals surface area contributed by atoms with E-state index in [4.69, 9.17) is 0 Å². The van der Waals surface area contributed by atoms with E-state index < -0.39 is 0 Å². The van der Waals surface area contributed by atoms with Gasteiger partial charge >= 0.3 is 5.69 Å². The maximum absolute atomic E-state index is 12.7. The second kappa shape index (κ2) is 7.24. The van der Waals surface area contributed by atoms with Crippen LogP contribution in [0.5, 0.6) is 0 Å². The van der Waals surface area contributed by atoms with E-state index in [-0.39, 0.29) is 11.2 Å². The molecule has 0 atom stereocenters. The molecule has 0 radical (unpaired) electrons. The van der Waals surface area contributed by atoms with Crippen molar-refractivity contribution in [2.24, 2.45) is 7.05 Å². The van der Waals surface area contributed by atoms with E-state index in [2.05, 4.69) is 18.5 Å². The van der Waals surface area contributed by atoms with E-state index in [9.17, 15) is 9.59 Å². The zero-order valence-electron chi connectivity index (χ0n) is 13.4. The lowest BCUT2D eigenvalue weighted by Crippen LogP contribution is -2.39. The molecular weight excluding hydrogens is 280 g/mol. The Balaban J connectivity index is 2.45. The summed E-state index contributed by atoms with van der Waals surface area (Å²) < 4.78 is 4.66. The fourth-order valence-corrected chi connectivity index (χ4v) is 2.58. The molecule has 2 heterocycles. The van der Waals surface area contributed by atoms with Crippen molar-refractivity contribution in [3.05, 3.63) is 39.8 Å². The maximum atomic E-state index is 12.7. The predicted octanol–water partition coefficient (Wildman–Crippen LogP) is 2.05. The van der Waals surface area contributed by atoms with Gasteiger partial charge in [0.1, 0.15) is 0 Å². The number of rotatable bonds is 8. The minimum Gasteiger partial charge on any atom is -0.325 e. The van der Waals surface area contributed by atoms with Crippen LogP contribution in [0.2, 0.25) is 0 Å². The van der Waals surface area contributed by atoms with Crippen LogP contribution in [-0.2, 0) is 20.1 Å². The highest BCUT2D eigenvalue weighted by Crippen LogP contribution is 2.07. The normalized spacial score (nSPS) is 11.2. The van der Waals surface area contributed by atoms with Crippen molar-refractivity contribution in [1.29, 1.82) is 0 Å². The number of unbranched alkanes of at least 4 members (excludes halogenated alkanes) is 3. The van der Waals surface area contributed by atoms with E-state index >= 15 is 0 Å². The fourth-order valence-electron chi connectivity index (χ4n) is 2.58. The smallest absolute Gasteiger partial charge is 0.325 e. The number of hydrogen-bond donors (Lipinski definition) is 0. The average Bonchev–Trinajstić information content (AvgIpc) is 2.94. The van der Waals surface area contributed by atoms with Crippen LogP contribution in [0, 0.1) is 0 Å². The van der Waals surface area contributed by atoms with E-state index in [0.717, 1.165) is 38.6 Å². The van der Waals surface area contributed by atoms with Crippen molar-refractivity contribution in [2.45, 2.75) is 52.1 Å². The lowest BCUT2D eigenvalue weighted by Gasteiger charge is -2.09. The van der Waals surface area contributed by atoms with Crippen LogP contribution >= 0.6 is 0 Å². The van der Waals surface area contributed by atoms with Crippen LogP contribution in [0.25, 0.3) is 11.2 Å². The summed E-state index contributed by atoms with van der Waals surface area (Å²) in [7, 11) is 1.67. The third kappa shape index (κ3) is 3.05. The lowest BCUT2D eigenvalue weighted by atomic mass is 10.2. The number of fused-ring (bicyclic) bond motifs is 1. The van der Waals surface area contributed by atoms with Gasteiger partial charge < -0.3 is 4.57 Å². The van der Waals surface area contributed by atoms with Gasteiger partial charge in [0.25, 0.3) is 5.56 Å². The van der Waals surface area contributed by atoms with Gasteiger partial charge in [0.15, 0.2) is 11.2 Å². The van der Waals surface area contributed by atoms with Crippen LogP contribution < -0.4 is 11.2 Å². The molecule has 0 fully saturated rings. The molecule has 0 aliphatic heterocycles. The molecule has 0 aliphatic carbocycles. The topological polar surface area (TPSA) is 61.8 Å². The van der Waals surface area contributed by atoms with E-state index in [1.165, 1.54) is 9.13 Å². The molecule has 120 valence electrons. The summed E-state index contributed by atoms with van der Waals surface area (Å²) in [6.45, 7) is 6.97. The summed E-state index contributed by atoms with van der Waals surface area (Å²) in [5, 5.41) is 0. The van der Waals surface area contributed by atoms with Gasteiger partial charge in [-0.1, -0.05) is 19.4 Å². The lowest BCUT2D eigenvalue weighted by molar-refractivity contribution is 0.553. The zero-order chi connectivity index (χ0) is 16.1. The molecule has 0 N–H and O–H groups in total. The van der Waals surface area contributed by atoms with Crippen molar-refractivity contribution in [3.63, 3.8) is 0 Å². The molecule has 0 saturated heterocycles. The monoisotopic (exact) mass is 304 g/mol. The zero-order valence-corrected chi connectivity index (χ0v) is 13.4. The second-order valence-corrected chi connectivity index (χ2v) is 5.55. The summed E-state index contributed by atoms with van der Waals surface area (Å²) in [5.74, 6) is 0. The van der Waals surface area contributed by atoms with Gasteiger partial charge in [-0.2, -0.15) is 0 Å². The van der Waals surface area contributed by atoms with Gasteiger partial charge in [0.05, 0.1) is 6.33 Å². The van der Waals surface area contributed by atoms with Gasteiger partial charge in [-0.3, -0.25) is 13.9 Å². The standard InChI is InChI=1S/C16H24N4O2/c1-4-6-8-9-11-20-15(21)13-14(18(3)16(20)22)17-12-19(13)10-7-5-2/h4,12H,1,5-11H2,2-3H3. The van der Waals surface area contributed by atoms with Crippen molar-refractivity contribution >= 4 is 11.2 Å². The van der Waals surface area contributed by atoms with Crippen LogP contribution in [0.4, 0.5) is 0 Å². The first kappa shape index (κ1) is 16.3. The molecule has 0 unspecified atom stereocenters. The van der Waals surface area contributed by atoms with Crippen molar-refractivity contribution < 1.29 is 0 Å². The van der Waals surface area contributed by atoms with Crippen molar-refractivity contribution in [3.8, 4) is 0 Å². The SMILES string of the molecule is C=CCCCCn1c(=O)c2c(ncn2CCCC)n(C)c1=O. The molecule has 0 amide bonds. The molecule has 2 aromatic rings. The van der Waals surface area contributed by atoms with Crippen molar-refractivity contribution in [2.75, 3.05) is 0 Å². The quantitative estimate of drug-likeness (QED) is 0.554. The molecule has 2 rings (SSSR count). The Hall–Kier alpha value is -2.11. The van der Waals surface area contributed by atoms with Crippen molar-refractivity contribution in [1.82, 2.24) is 18.7 Å². The number of aromatic nitrogens is 4. The summed E-state index contributed by atoms with van der Waals surface area (Å²) in [5.41, 5.74) is 0.467. The van der Waals surface area contributed by atoms with Crippen LogP contribution in [-0.4, -0.2) is 18.7 Å². The highest BCUT2D eigenvalue weighted by atomic mass is 16.2.